The Kier molecular flexibility index (Phi) is 20.9. The van der Waals surface area contributed by atoms with Gasteiger partial charge in [-0.05, 0) is 144 Å². The average Bonchev–Trinajstić information content (AvgIpc) is 0.708. The van der Waals surface area contributed by atoms with Crippen LogP contribution in [-0.4, -0.2) is 33.2 Å². The normalized spacial score (nSPS) is 12.3. The molecule has 0 aliphatic heterocycles. The third-order valence-electron chi connectivity index (χ3n) is 20.0. The van der Waals surface area contributed by atoms with Crippen LogP contribution in [-0.2, 0) is 77.0 Å². The largest absolute Gasteiger partial charge is 0.323 e. The summed E-state index contributed by atoms with van der Waals surface area (Å²) in [5, 5.41) is 10.4. The molecule has 12 aromatic carbocycles. The molecule has 0 amide bonds. The molecule has 4 heteroatoms. The van der Waals surface area contributed by atoms with E-state index in [1.54, 1.807) is 0 Å². The van der Waals surface area contributed by atoms with Gasteiger partial charge >= 0.3 is 0 Å². The SMILES string of the molecule is NC(Cc1ccccc1)(Cc1ccccc1)C(Cc1ccccc1)(Cc1ccccc1)NC(Cc1ccccc1)(Cc1ccccc1)C(Cc1ccccc1)(Cc1ccccc1)NC(Cc1ccccc1)(Cc1ccccc1)C(N)(Cc1ccccc1)Cc1ccccc1. The Morgan fingerprint density at radius 1 is 0.149 bits per heavy atom. The summed E-state index contributed by atoms with van der Waals surface area (Å²) >= 11 is 0. The second kappa shape index (κ2) is 30.5. The van der Waals surface area contributed by atoms with Crippen molar-refractivity contribution in [1.29, 1.82) is 0 Å². The van der Waals surface area contributed by atoms with Gasteiger partial charge in [-0.25, -0.2) is 0 Å². The van der Waals surface area contributed by atoms with E-state index in [2.05, 4.69) is 364 Å². The Labute approximate surface area is 559 Å². The van der Waals surface area contributed by atoms with Crippen molar-refractivity contribution >= 4 is 0 Å². The molecule has 470 valence electrons. The van der Waals surface area contributed by atoms with Crippen molar-refractivity contribution < 1.29 is 0 Å². The summed E-state index contributed by atoms with van der Waals surface area (Å²) in [6, 6.07) is 134. The molecular weight excluding hydrogens is 1140 g/mol. The zero-order chi connectivity index (χ0) is 64.3. The Morgan fingerprint density at radius 2 is 0.255 bits per heavy atom. The Hall–Kier alpha value is -9.52. The second-order valence-electron chi connectivity index (χ2n) is 26.8. The van der Waals surface area contributed by atoms with Crippen molar-refractivity contribution in [2.24, 2.45) is 11.5 Å². The van der Waals surface area contributed by atoms with E-state index in [1.165, 1.54) is 66.8 Å². The van der Waals surface area contributed by atoms with Crippen LogP contribution >= 0.6 is 0 Å². The monoisotopic (exact) mass is 1230 g/mol. The van der Waals surface area contributed by atoms with Gasteiger partial charge in [0.1, 0.15) is 0 Å². The zero-order valence-electron chi connectivity index (χ0n) is 54.3. The number of nitrogens with one attached hydrogen (secondary N) is 2. The minimum absolute atomic E-state index is 0.575. The Bertz CT molecular complexity index is 3600. The molecule has 4 nitrogen and oxygen atoms in total. The van der Waals surface area contributed by atoms with Crippen LogP contribution in [0.25, 0.3) is 0 Å². The van der Waals surface area contributed by atoms with Crippen LogP contribution in [0, 0.1) is 0 Å². The van der Waals surface area contributed by atoms with Gasteiger partial charge in [0.2, 0.25) is 0 Å². The summed E-state index contributed by atoms with van der Waals surface area (Å²) in [5.74, 6) is 0. The predicted octanol–water partition coefficient (Wildman–Crippen LogP) is 17.4. The van der Waals surface area contributed by atoms with E-state index in [1.807, 2.05) is 0 Å². The number of hydrogen-bond donors (Lipinski definition) is 4. The summed E-state index contributed by atoms with van der Waals surface area (Å²) in [6.07, 6.45) is 7.06. The first-order chi connectivity index (χ1) is 46.1. The van der Waals surface area contributed by atoms with E-state index in [0.717, 1.165) is 0 Å². The molecule has 0 unspecified atom stereocenters. The lowest BCUT2D eigenvalue weighted by Gasteiger charge is -2.64. The minimum atomic E-state index is -1.01. The molecule has 0 aliphatic rings. The highest BCUT2D eigenvalue weighted by Gasteiger charge is 2.62. The van der Waals surface area contributed by atoms with Gasteiger partial charge in [0, 0.05) is 33.2 Å². The molecule has 0 radical (unpaired) electrons. The first-order valence-electron chi connectivity index (χ1n) is 33.7. The van der Waals surface area contributed by atoms with Crippen LogP contribution in [0.1, 0.15) is 66.8 Å². The van der Waals surface area contributed by atoms with Crippen molar-refractivity contribution in [2.45, 2.75) is 110 Å². The first-order valence-corrected chi connectivity index (χ1v) is 33.7. The molecule has 0 heterocycles. The maximum Gasteiger partial charge on any atom is 0.0457 e. The third-order valence-corrected chi connectivity index (χ3v) is 20.0. The molecule has 6 N–H and O–H groups in total. The summed E-state index contributed by atoms with van der Waals surface area (Å²) < 4.78 is 0. The van der Waals surface area contributed by atoms with Gasteiger partial charge in [-0.2, -0.15) is 0 Å². The van der Waals surface area contributed by atoms with E-state index < -0.39 is 33.2 Å². The molecule has 94 heavy (non-hydrogen) atoms. The van der Waals surface area contributed by atoms with Crippen molar-refractivity contribution in [3.63, 3.8) is 0 Å². The summed E-state index contributed by atoms with van der Waals surface area (Å²) in [4.78, 5) is 0. The fraction of sp³-hybridized carbons (Fsp3) is 0.200. The van der Waals surface area contributed by atoms with Crippen LogP contribution in [0.3, 0.4) is 0 Å². The molecule has 0 aliphatic carbocycles. The fourth-order valence-corrected chi connectivity index (χ4v) is 15.6. The molecule has 12 rings (SSSR count). The summed E-state index contributed by atoms with van der Waals surface area (Å²) in [6.45, 7) is 0. The first kappa shape index (κ1) is 64.6. The molecule has 0 spiro atoms. The Balaban J connectivity index is 1.27. The van der Waals surface area contributed by atoms with Crippen LogP contribution in [0.5, 0.6) is 0 Å². The van der Waals surface area contributed by atoms with Crippen molar-refractivity contribution in [3.05, 3.63) is 431 Å². The molecule has 12 aromatic rings. The molecule has 0 aromatic heterocycles. The van der Waals surface area contributed by atoms with Gasteiger partial charge in [0.25, 0.3) is 0 Å². The summed E-state index contributed by atoms with van der Waals surface area (Å²) in [5.41, 5.74) is 26.8. The van der Waals surface area contributed by atoms with Gasteiger partial charge < -0.3 is 22.1 Å². The van der Waals surface area contributed by atoms with Crippen LogP contribution < -0.4 is 22.1 Å². The molecule has 0 saturated heterocycles. The topological polar surface area (TPSA) is 76.1 Å². The fourth-order valence-electron chi connectivity index (χ4n) is 15.6. The van der Waals surface area contributed by atoms with Gasteiger partial charge in [-0.3, -0.25) is 0 Å². The highest BCUT2D eigenvalue weighted by molar-refractivity contribution is 5.43. The number of nitrogens with two attached hydrogens (primary N) is 2. The number of hydrogen-bond acceptors (Lipinski definition) is 4. The van der Waals surface area contributed by atoms with Crippen molar-refractivity contribution in [3.8, 4) is 0 Å². The van der Waals surface area contributed by atoms with Gasteiger partial charge in [-0.15, -0.1) is 0 Å². The highest BCUT2D eigenvalue weighted by Crippen LogP contribution is 2.47. The lowest BCUT2D eigenvalue weighted by molar-refractivity contribution is 0.00194. The van der Waals surface area contributed by atoms with E-state index in [0.29, 0.717) is 77.0 Å². The zero-order valence-corrected chi connectivity index (χ0v) is 54.3. The van der Waals surface area contributed by atoms with E-state index >= 15 is 0 Å². The average molecular weight is 1230 g/mol. The smallest absolute Gasteiger partial charge is 0.0457 e. The standard InChI is InChI=1S/C90H90N4/c91-85(61-73-37-13-1-14-38-73,62-74-39-15-2-16-40-74)87(65-77-45-21-5-22-46-77,66-78-47-23-6-24-48-78)93-89(69-81-53-29-9-30-54-81,70-82-55-31-10-32-56-82)90(71-83-57-33-11-34-58-83,72-84-59-35-12-36-60-84)94-88(67-79-49-25-7-26-50-79,68-80-51-27-8-28-52-80)86(92,63-75-41-17-3-18-42-75)64-76-43-19-4-20-44-76/h1-60,93-94H,61-72,91-92H2. The Morgan fingerprint density at radius 3 is 0.383 bits per heavy atom. The quantitative estimate of drug-likeness (QED) is 0.0349. The lowest BCUT2D eigenvalue weighted by atomic mass is 9.57. The molecule has 0 bridgehead atoms. The van der Waals surface area contributed by atoms with Crippen molar-refractivity contribution in [2.75, 3.05) is 0 Å². The van der Waals surface area contributed by atoms with Gasteiger partial charge in [0.05, 0.1) is 0 Å². The second-order valence-corrected chi connectivity index (χ2v) is 26.8. The van der Waals surface area contributed by atoms with Crippen molar-refractivity contribution in [1.82, 2.24) is 10.6 Å². The predicted molar refractivity (Wildman–Crippen MR) is 393 cm³/mol. The van der Waals surface area contributed by atoms with E-state index in [9.17, 15) is 0 Å². The molecular formula is C90H90N4. The van der Waals surface area contributed by atoms with E-state index in [4.69, 9.17) is 22.1 Å². The number of rotatable bonds is 31. The maximum atomic E-state index is 9.15. The molecule has 0 atom stereocenters. The highest BCUT2D eigenvalue weighted by atomic mass is 15.2. The van der Waals surface area contributed by atoms with Crippen LogP contribution in [0.2, 0.25) is 0 Å². The maximum absolute atomic E-state index is 9.15. The van der Waals surface area contributed by atoms with Gasteiger partial charge in [0.15, 0.2) is 0 Å². The molecule has 0 saturated carbocycles. The van der Waals surface area contributed by atoms with Crippen LogP contribution in [0.4, 0.5) is 0 Å². The molecule has 0 fully saturated rings. The number of benzene rings is 12. The lowest BCUT2D eigenvalue weighted by Crippen LogP contribution is -2.86. The van der Waals surface area contributed by atoms with Gasteiger partial charge in [-0.1, -0.05) is 364 Å². The van der Waals surface area contributed by atoms with Crippen LogP contribution in [0.15, 0.2) is 364 Å². The third kappa shape index (κ3) is 15.9. The summed E-state index contributed by atoms with van der Waals surface area (Å²) in [7, 11) is 0. The minimum Gasteiger partial charge on any atom is -0.323 e. The van der Waals surface area contributed by atoms with E-state index in [-0.39, 0.29) is 0 Å².